The van der Waals surface area contributed by atoms with Gasteiger partial charge in [0.1, 0.15) is 11.5 Å². The minimum atomic E-state index is -0.0140. The van der Waals surface area contributed by atoms with Gasteiger partial charge in [-0.2, -0.15) is 0 Å². The van der Waals surface area contributed by atoms with Crippen molar-refractivity contribution in [1.82, 2.24) is 5.32 Å². The van der Waals surface area contributed by atoms with Gasteiger partial charge in [-0.05, 0) is 12.1 Å². The Morgan fingerprint density at radius 3 is 2.79 bits per heavy atom. The Hall–Kier alpha value is -2.17. The van der Waals surface area contributed by atoms with Gasteiger partial charge in [-0.1, -0.05) is 6.08 Å². The summed E-state index contributed by atoms with van der Waals surface area (Å²) in [7, 11) is 3.20. The molecule has 0 heterocycles. The normalized spacial score (nSPS) is 9.58. The Kier molecular flexibility index (Phi) is 6.29. The molecule has 0 saturated carbocycles. The van der Waals surface area contributed by atoms with E-state index >= 15 is 0 Å². The number of nitrogens with one attached hydrogen (secondary N) is 2. The molecule has 5 heteroatoms. The van der Waals surface area contributed by atoms with E-state index in [1.54, 1.807) is 26.4 Å². The molecule has 0 aliphatic heterocycles. The van der Waals surface area contributed by atoms with E-state index in [4.69, 9.17) is 9.47 Å². The van der Waals surface area contributed by atoms with Crippen LogP contribution in [0.15, 0.2) is 30.9 Å². The Morgan fingerprint density at radius 2 is 2.16 bits per heavy atom. The van der Waals surface area contributed by atoms with Crippen LogP contribution in [-0.4, -0.2) is 33.2 Å². The number of amides is 1. The summed E-state index contributed by atoms with van der Waals surface area (Å²) in [6, 6.07) is 5.49. The van der Waals surface area contributed by atoms with Crippen LogP contribution < -0.4 is 20.1 Å². The van der Waals surface area contributed by atoms with Crippen LogP contribution in [0.5, 0.6) is 11.5 Å². The summed E-state index contributed by atoms with van der Waals surface area (Å²) in [4.78, 5) is 11.4. The first-order chi connectivity index (χ1) is 9.21. The number of hydrogen-bond donors (Lipinski definition) is 2. The monoisotopic (exact) mass is 264 g/mol. The molecule has 0 aromatic heterocycles. The third-order valence-electron chi connectivity index (χ3n) is 2.52. The molecule has 0 bridgehead atoms. The summed E-state index contributed by atoms with van der Waals surface area (Å²) in [5.41, 5.74) is 0.833. The van der Waals surface area contributed by atoms with Crippen LogP contribution in [0.3, 0.4) is 0 Å². The second-order valence-electron chi connectivity index (χ2n) is 3.84. The maximum atomic E-state index is 11.4. The zero-order chi connectivity index (χ0) is 14.1. The SMILES string of the molecule is C=CCNC(=O)CCNc1ccc(OC)cc1OC. The Labute approximate surface area is 113 Å². The van der Waals surface area contributed by atoms with Crippen molar-refractivity contribution in [2.24, 2.45) is 0 Å². The average Bonchev–Trinajstić information content (AvgIpc) is 2.45. The first kappa shape index (κ1) is 14.9. The van der Waals surface area contributed by atoms with Crippen molar-refractivity contribution in [1.29, 1.82) is 0 Å². The number of methoxy groups -OCH3 is 2. The molecule has 1 rings (SSSR count). The molecular weight excluding hydrogens is 244 g/mol. The van der Waals surface area contributed by atoms with Crippen LogP contribution in [0.1, 0.15) is 6.42 Å². The van der Waals surface area contributed by atoms with Gasteiger partial charge < -0.3 is 20.1 Å². The summed E-state index contributed by atoms with van der Waals surface area (Å²) in [5.74, 6) is 1.40. The van der Waals surface area contributed by atoms with Crippen molar-refractivity contribution < 1.29 is 14.3 Å². The molecule has 0 radical (unpaired) electrons. The highest BCUT2D eigenvalue weighted by molar-refractivity contribution is 5.76. The Balaban J connectivity index is 2.48. The second kappa shape index (κ2) is 8.02. The topological polar surface area (TPSA) is 59.6 Å². The fourth-order valence-electron chi connectivity index (χ4n) is 1.53. The number of carbonyl (C=O) groups is 1. The number of anilines is 1. The van der Waals surface area contributed by atoms with E-state index in [9.17, 15) is 4.79 Å². The van der Waals surface area contributed by atoms with Gasteiger partial charge in [0.15, 0.2) is 0 Å². The molecule has 0 fully saturated rings. The van der Waals surface area contributed by atoms with Gasteiger partial charge in [-0.25, -0.2) is 0 Å². The van der Waals surface area contributed by atoms with Gasteiger partial charge in [0.05, 0.1) is 19.9 Å². The number of ether oxygens (including phenoxy) is 2. The third-order valence-corrected chi connectivity index (χ3v) is 2.52. The first-order valence-electron chi connectivity index (χ1n) is 6.04. The Bertz CT molecular complexity index is 433. The second-order valence-corrected chi connectivity index (χ2v) is 3.84. The van der Waals surface area contributed by atoms with Gasteiger partial charge in [0.2, 0.25) is 5.91 Å². The smallest absolute Gasteiger partial charge is 0.222 e. The standard InChI is InChI=1S/C14H20N2O3/c1-4-8-16-14(17)7-9-15-12-6-5-11(18-2)10-13(12)19-3/h4-6,10,15H,1,7-9H2,2-3H3,(H,16,17). The minimum absolute atomic E-state index is 0.0140. The third kappa shape index (κ3) is 4.91. The van der Waals surface area contributed by atoms with Crippen LogP contribution in [0.4, 0.5) is 5.69 Å². The predicted octanol–water partition coefficient (Wildman–Crippen LogP) is 1.81. The molecule has 1 aromatic rings. The predicted molar refractivity (Wildman–Crippen MR) is 75.9 cm³/mol. The van der Waals surface area contributed by atoms with Gasteiger partial charge in [-0.15, -0.1) is 6.58 Å². The molecule has 0 aliphatic carbocycles. The van der Waals surface area contributed by atoms with E-state index in [-0.39, 0.29) is 5.91 Å². The molecule has 0 atom stereocenters. The van der Waals surface area contributed by atoms with E-state index < -0.39 is 0 Å². The molecule has 0 unspecified atom stereocenters. The zero-order valence-electron chi connectivity index (χ0n) is 11.4. The lowest BCUT2D eigenvalue weighted by Gasteiger charge is -2.12. The fourth-order valence-corrected chi connectivity index (χ4v) is 1.53. The molecule has 2 N–H and O–H groups in total. The van der Waals surface area contributed by atoms with E-state index in [1.165, 1.54) is 0 Å². The van der Waals surface area contributed by atoms with Crippen molar-refractivity contribution in [3.05, 3.63) is 30.9 Å². The maximum Gasteiger partial charge on any atom is 0.222 e. The van der Waals surface area contributed by atoms with Crippen molar-refractivity contribution >= 4 is 11.6 Å². The summed E-state index contributed by atoms with van der Waals surface area (Å²) in [6.07, 6.45) is 2.04. The van der Waals surface area contributed by atoms with E-state index in [1.807, 2.05) is 12.1 Å². The van der Waals surface area contributed by atoms with Crippen molar-refractivity contribution in [3.63, 3.8) is 0 Å². The zero-order valence-corrected chi connectivity index (χ0v) is 11.4. The molecule has 1 aromatic carbocycles. The van der Waals surface area contributed by atoms with Gasteiger partial charge >= 0.3 is 0 Å². The number of benzene rings is 1. The average molecular weight is 264 g/mol. The highest BCUT2D eigenvalue weighted by Crippen LogP contribution is 2.28. The van der Waals surface area contributed by atoms with Crippen LogP contribution in [-0.2, 0) is 4.79 Å². The summed E-state index contributed by atoms with van der Waals surface area (Å²) >= 11 is 0. The fraction of sp³-hybridized carbons (Fsp3) is 0.357. The summed E-state index contributed by atoms with van der Waals surface area (Å²) in [5, 5.41) is 5.87. The largest absolute Gasteiger partial charge is 0.497 e. The molecule has 5 nitrogen and oxygen atoms in total. The van der Waals surface area contributed by atoms with Gasteiger partial charge in [0.25, 0.3) is 0 Å². The van der Waals surface area contributed by atoms with Gasteiger partial charge in [0, 0.05) is 25.6 Å². The minimum Gasteiger partial charge on any atom is -0.497 e. The highest BCUT2D eigenvalue weighted by Gasteiger charge is 2.05. The van der Waals surface area contributed by atoms with Crippen molar-refractivity contribution in [2.45, 2.75) is 6.42 Å². The molecule has 0 spiro atoms. The number of rotatable bonds is 8. The van der Waals surface area contributed by atoms with Crippen LogP contribution in [0.2, 0.25) is 0 Å². The van der Waals surface area contributed by atoms with Crippen LogP contribution in [0, 0.1) is 0 Å². The quantitative estimate of drug-likeness (QED) is 0.703. The summed E-state index contributed by atoms with van der Waals surface area (Å²) < 4.78 is 10.4. The van der Waals surface area contributed by atoms with Crippen molar-refractivity contribution in [2.75, 3.05) is 32.6 Å². The lowest BCUT2D eigenvalue weighted by Crippen LogP contribution is -2.25. The molecule has 0 saturated heterocycles. The first-order valence-corrected chi connectivity index (χ1v) is 6.04. The lowest BCUT2D eigenvalue weighted by molar-refractivity contribution is -0.120. The highest BCUT2D eigenvalue weighted by atomic mass is 16.5. The maximum absolute atomic E-state index is 11.4. The Morgan fingerprint density at radius 1 is 1.37 bits per heavy atom. The van der Waals surface area contributed by atoms with Crippen molar-refractivity contribution in [3.8, 4) is 11.5 Å². The molecular formula is C14H20N2O3. The molecule has 0 aliphatic rings. The van der Waals surface area contributed by atoms with E-state index in [0.29, 0.717) is 25.3 Å². The molecule has 1 amide bonds. The summed E-state index contributed by atoms with van der Waals surface area (Å²) in [6.45, 7) is 4.56. The van der Waals surface area contributed by atoms with E-state index in [0.717, 1.165) is 11.4 Å². The lowest BCUT2D eigenvalue weighted by atomic mass is 10.2. The number of hydrogen-bond acceptors (Lipinski definition) is 4. The van der Waals surface area contributed by atoms with Crippen LogP contribution >= 0.6 is 0 Å². The van der Waals surface area contributed by atoms with Crippen LogP contribution in [0.25, 0.3) is 0 Å². The molecule has 104 valence electrons. The van der Waals surface area contributed by atoms with Gasteiger partial charge in [-0.3, -0.25) is 4.79 Å². The van der Waals surface area contributed by atoms with E-state index in [2.05, 4.69) is 17.2 Å². The molecule has 19 heavy (non-hydrogen) atoms. The number of carbonyl (C=O) groups excluding carboxylic acids is 1.